The molecule has 0 atom stereocenters. The molecule has 0 spiro atoms. The van der Waals surface area contributed by atoms with Crippen LogP contribution in [-0.4, -0.2) is 26.6 Å². The molecule has 0 bridgehead atoms. The summed E-state index contributed by atoms with van der Waals surface area (Å²) in [5.74, 6) is 0.476. The number of ether oxygens (including phenoxy) is 1. The van der Waals surface area contributed by atoms with Crippen molar-refractivity contribution < 1.29 is 13.2 Å². The summed E-state index contributed by atoms with van der Waals surface area (Å²) in [4.78, 5) is 12.2. The van der Waals surface area contributed by atoms with Gasteiger partial charge in [0.2, 0.25) is 10.0 Å². The molecule has 1 N–H and O–H groups in total. The second kappa shape index (κ2) is 7.38. The molecule has 24 heavy (non-hydrogen) atoms. The predicted molar refractivity (Wildman–Crippen MR) is 93.4 cm³/mol. The van der Waals surface area contributed by atoms with Crippen molar-refractivity contribution in [3.63, 3.8) is 0 Å². The van der Waals surface area contributed by atoms with Crippen LogP contribution in [0.15, 0.2) is 40.0 Å². The van der Waals surface area contributed by atoms with Crippen LogP contribution in [0.25, 0.3) is 0 Å². The van der Waals surface area contributed by atoms with Crippen LogP contribution in [-0.2, 0) is 16.6 Å². The fourth-order valence-electron chi connectivity index (χ4n) is 2.35. The minimum atomic E-state index is -3.70. The summed E-state index contributed by atoms with van der Waals surface area (Å²) in [5.41, 5.74) is 0.937. The molecule has 6 nitrogen and oxygen atoms in total. The van der Waals surface area contributed by atoms with Crippen molar-refractivity contribution in [1.82, 2.24) is 9.29 Å². The Balaban J connectivity index is 2.14. The molecule has 2 aromatic rings. The molecule has 0 amide bonds. The van der Waals surface area contributed by atoms with Crippen molar-refractivity contribution in [2.45, 2.75) is 25.3 Å². The van der Waals surface area contributed by atoms with E-state index in [1.807, 2.05) is 0 Å². The van der Waals surface area contributed by atoms with E-state index >= 15 is 0 Å². The summed E-state index contributed by atoms with van der Waals surface area (Å²) in [7, 11) is -2.21. The molecule has 0 radical (unpaired) electrons. The molecule has 0 aliphatic carbocycles. The zero-order valence-corrected chi connectivity index (χ0v) is 15.2. The third-order valence-corrected chi connectivity index (χ3v) is 5.69. The van der Waals surface area contributed by atoms with Gasteiger partial charge in [-0.15, -0.1) is 0 Å². The summed E-state index contributed by atoms with van der Waals surface area (Å²) in [6, 6.07) is 7.80. The summed E-state index contributed by atoms with van der Waals surface area (Å²) in [6.07, 6.45) is 0. The number of aromatic nitrogens is 1. The molecule has 130 valence electrons. The second-order valence-electron chi connectivity index (χ2n) is 5.29. The zero-order valence-electron chi connectivity index (χ0n) is 13.7. The minimum Gasteiger partial charge on any atom is -0.496 e. The third kappa shape index (κ3) is 3.98. The maximum absolute atomic E-state index is 12.4. The van der Waals surface area contributed by atoms with Gasteiger partial charge in [-0.05, 0) is 37.6 Å². The molecule has 0 unspecified atom stereocenters. The van der Waals surface area contributed by atoms with Crippen LogP contribution in [0.3, 0.4) is 0 Å². The molecule has 0 aliphatic heterocycles. The molecule has 1 aromatic carbocycles. The number of benzene rings is 1. The van der Waals surface area contributed by atoms with Gasteiger partial charge in [0, 0.05) is 29.9 Å². The van der Waals surface area contributed by atoms with Crippen LogP contribution in [0.4, 0.5) is 0 Å². The quantitative estimate of drug-likeness (QED) is 0.844. The highest BCUT2D eigenvalue weighted by Gasteiger charge is 2.17. The van der Waals surface area contributed by atoms with Crippen molar-refractivity contribution in [1.29, 1.82) is 0 Å². The number of halogens is 1. The normalized spacial score (nSPS) is 11.5. The minimum absolute atomic E-state index is 0.0847. The van der Waals surface area contributed by atoms with E-state index in [0.717, 1.165) is 0 Å². The standard InChI is InChI=1S/C16H19ClN2O4S/c1-11-9-13(23-3)10-16(20)19(11)8-7-18-24(21,22)15-6-4-5-14(17)12(15)2/h4-6,9-10,18H,7-8H2,1-3H3. The van der Waals surface area contributed by atoms with Crippen LogP contribution in [0.2, 0.25) is 5.02 Å². The van der Waals surface area contributed by atoms with Crippen LogP contribution < -0.4 is 15.0 Å². The summed E-state index contributed by atoms with van der Waals surface area (Å²) < 4.78 is 33.8. The SMILES string of the molecule is COc1cc(C)n(CCNS(=O)(=O)c2cccc(Cl)c2C)c(=O)c1. The highest BCUT2D eigenvalue weighted by atomic mass is 35.5. The molecule has 1 heterocycles. The molecule has 2 rings (SSSR count). The Morgan fingerprint density at radius 1 is 1.25 bits per heavy atom. The van der Waals surface area contributed by atoms with Crippen LogP contribution in [0, 0.1) is 13.8 Å². The monoisotopic (exact) mass is 370 g/mol. The summed E-state index contributed by atoms with van der Waals surface area (Å²) in [6.45, 7) is 3.71. The van der Waals surface area contributed by atoms with Crippen molar-refractivity contribution in [2.75, 3.05) is 13.7 Å². The average molecular weight is 371 g/mol. The van der Waals surface area contributed by atoms with Gasteiger partial charge in [0.1, 0.15) is 5.75 Å². The number of hydrogen-bond donors (Lipinski definition) is 1. The maximum atomic E-state index is 12.4. The average Bonchev–Trinajstić information content (AvgIpc) is 2.52. The molecule has 0 aliphatic rings. The number of sulfonamides is 1. The van der Waals surface area contributed by atoms with E-state index in [2.05, 4.69) is 4.72 Å². The molecule has 0 saturated heterocycles. The molecule has 8 heteroatoms. The van der Waals surface area contributed by atoms with Crippen molar-refractivity contribution in [3.05, 3.63) is 57.0 Å². The fourth-order valence-corrected chi connectivity index (χ4v) is 3.87. The lowest BCUT2D eigenvalue weighted by molar-refractivity contribution is 0.411. The van der Waals surface area contributed by atoms with E-state index in [-0.39, 0.29) is 23.5 Å². The fraction of sp³-hybridized carbons (Fsp3) is 0.312. The first-order chi connectivity index (χ1) is 11.3. The second-order valence-corrected chi connectivity index (χ2v) is 7.43. The third-order valence-electron chi connectivity index (χ3n) is 3.68. The van der Waals surface area contributed by atoms with Crippen LogP contribution in [0.5, 0.6) is 5.75 Å². The van der Waals surface area contributed by atoms with E-state index in [1.54, 1.807) is 32.0 Å². The summed E-state index contributed by atoms with van der Waals surface area (Å²) >= 11 is 5.97. The lowest BCUT2D eigenvalue weighted by Crippen LogP contribution is -2.32. The molecular weight excluding hydrogens is 352 g/mol. The van der Waals surface area contributed by atoms with Gasteiger partial charge in [0.25, 0.3) is 5.56 Å². The van der Waals surface area contributed by atoms with E-state index in [1.165, 1.54) is 23.8 Å². The van der Waals surface area contributed by atoms with Crippen molar-refractivity contribution >= 4 is 21.6 Å². The Kier molecular flexibility index (Phi) is 5.69. The van der Waals surface area contributed by atoms with Gasteiger partial charge in [-0.25, -0.2) is 13.1 Å². The Morgan fingerprint density at radius 3 is 2.58 bits per heavy atom. The van der Waals surface area contributed by atoms with E-state index in [0.29, 0.717) is 22.0 Å². The Bertz CT molecular complexity index is 907. The lowest BCUT2D eigenvalue weighted by atomic mass is 10.2. The maximum Gasteiger partial charge on any atom is 0.254 e. The highest BCUT2D eigenvalue weighted by Crippen LogP contribution is 2.22. The first-order valence-electron chi connectivity index (χ1n) is 7.26. The predicted octanol–water partition coefficient (Wildman–Crippen LogP) is 2.11. The van der Waals surface area contributed by atoms with Gasteiger partial charge < -0.3 is 9.30 Å². The van der Waals surface area contributed by atoms with Gasteiger partial charge in [0.15, 0.2) is 0 Å². The number of nitrogens with one attached hydrogen (secondary N) is 1. The van der Waals surface area contributed by atoms with Crippen LogP contribution in [0.1, 0.15) is 11.3 Å². The Hall–Kier alpha value is -1.83. The topological polar surface area (TPSA) is 77.4 Å². The van der Waals surface area contributed by atoms with Crippen molar-refractivity contribution in [3.8, 4) is 5.75 Å². The lowest BCUT2D eigenvalue weighted by Gasteiger charge is -2.13. The van der Waals surface area contributed by atoms with Gasteiger partial charge in [-0.1, -0.05) is 17.7 Å². The largest absolute Gasteiger partial charge is 0.496 e. The van der Waals surface area contributed by atoms with E-state index < -0.39 is 10.0 Å². The number of rotatable bonds is 6. The van der Waals surface area contributed by atoms with E-state index in [4.69, 9.17) is 16.3 Å². The molecule has 0 saturated carbocycles. The van der Waals surface area contributed by atoms with Gasteiger partial charge in [-0.2, -0.15) is 0 Å². The van der Waals surface area contributed by atoms with Gasteiger partial charge in [0.05, 0.1) is 12.0 Å². The Labute approximate surface area is 146 Å². The van der Waals surface area contributed by atoms with Crippen LogP contribution >= 0.6 is 11.6 Å². The molecule has 0 fully saturated rings. The van der Waals surface area contributed by atoms with Crippen molar-refractivity contribution in [2.24, 2.45) is 0 Å². The summed E-state index contributed by atoms with van der Waals surface area (Å²) in [5, 5.41) is 0.389. The molecule has 1 aromatic heterocycles. The van der Waals surface area contributed by atoms with E-state index in [9.17, 15) is 13.2 Å². The molecular formula is C16H19ClN2O4S. The highest BCUT2D eigenvalue weighted by molar-refractivity contribution is 7.89. The smallest absolute Gasteiger partial charge is 0.254 e. The number of nitrogens with zero attached hydrogens (tertiary/aromatic N) is 1. The first-order valence-corrected chi connectivity index (χ1v) is 9.12. The Morgan fingerprint density at radius 2 is 1.96 bits per heavy atom. The number of methoxy groups -OCH3 is 1. The number of aryl methyl sites for hydroxylation is 1. The number of pyridine rings is 1. The van der Waals surface area contributed by atoms with Gasteiger partial charge >= 0.3 is 0 Å². The first kappa shape index (κ1) is 18.5. The zero-order chi connectivity index (χ0) is 17.9. The van der Waals surface area contributed by atoms with Gasteiger partial charge in [-0.3, -0.25) is 4.79 Å². The number of hydrogen-bond acceptors (Lipinski definition) is 4.